The zero-order chi connectivity index (χ0) is 25.7. The van der Waals surface area contributed by atoms with E-state index in [1.165, 1.54) is 35.1 Å². The van der Waals surface area contributed by atoms with Gasteiger partial charge in [0.2, 0.25) is 5.91 Å². The lowest BCUT2D eigenvalue weighted by Gasteiger charge is -2.40. The van der Waals surface area contributed by atoms with Crippen LogP contribution in [0.5, 0.6) is 17.2 Å². The smallest absolute Gasteiger partial charge is 0.354 e. The van der Waals surface area contributed by atoms with Crippen LogP contribution in [0.1, 0.15) is 6.92 Å². The van der Waals surface area contributed by atoms with Crippen molar-refractivity contribution in [2.24, 2.45) is 0 Å². The van der Waals surface area contributed by atoms with E-state index in [9.17, 15) is 24.9 Å². The first-order valence-corrected chi connectivity index (χ1v) is 11.6. The first-order chi connectivity index (χ1) is 17.3. The van der Waals surface area contributed by atoms with Crippen LogP contribution < -0.4 is 15.3 Å². The van der Waals surface area contributed by atoms with Crippen molar-refractivity contribution in [3.8, 4) is 28.4 Å². The average Bonchev–Trinajstić information content (AvgIpc) is 2.86. The van der Waals surface area contributed by atoms with E-state index in [4.69, 9.17) is 16.3 Å². The Morgan fingerprint density at radius 1 is 1.28 bits per heavy atom. The van der Waals surface area contributed by atoms with Crippen molar-refractivity contribution in [2.75, 3.05) is 31.1 Å². The number of aliphatic hydroxyl groups is 1. The highest BCUT2D eigenvalue weighted by atomic mass is 35.5. The van der Waals surface area contributed by atoms with E-state index < -0.39 is 12.3 Å². The van der Waals surface area contributed by atoms with E-state index in [2.05, 4.69) is 11.6 Å². The zero-order valence-electron chi connectivity index (χ0n) is 19.3. The molecule has 0 spiro atoms. The molecule has 0 saturated carbocycles. The van der Waals surface area contributed by atoms with E-state index in [1.807, 2.05) is 11.8 Å². The van der Waals surface area contributed by atoms with Gasteiger partial charge in [-0.15, -0.1) is 0 Å². The van der Waals surface area contributed by atoms with Crippen LogP contribution in [0.25, 0.3) is 27.7 Å². The number of halogens is 1. The zero-order valence-corrected chi connectivity index (χ0v) is 20.1. The van der Waals surface area contributed by atoms with E-state index in [0.29, 0.717) is 30.8 Å². The van der Waals surface area contributed by atoms with Gasteiger partial charge in [0, 0.05) is 31.1 Å². The predicted molar refractivity (Wildman–Crippen MR) is 135 cm³/mol. The summed E-state index contributed by atoms with van der Waals surface area (Å²) in [7, 11) is 0. The maximum atomic E-state index is 13.3. The molecular weight excluding hydrogens is 488 g/mol. The van der Waals surface area contributed by atoms with Crippen LogP contribution in [0.2, 0.25) is 5.02 Å². The Hall–Kier alpha value is -4.02. The molecule has 5 rings (SSSR count). The monoisotopic (exact) mass is 510 g/mol. The number of piperazine rings is 1. The summed E-state index contributed by atoms with van der Waals surface area (Å²) in [6.07, 6.45) is 2.48. The molecule has 1 amide bonds. The number of phenols is 2. The number of amides is 1. The van der Waals surface area contributed by atoms with Gasteiger partial charge >= 0.3 is 5.69 Å². The minimum atomic E-state index is -0.645. The van der Waals surface area contributed by atoms with Crippen LogP contribution in [-0.2, 0) is 4.79 Å². The summed E-state index contributed by atoms with van der Waals surface area (Å²) in [5.41, 5.74) is 0.0420. The molecule has 3 N–H and O–H groups in total. The number of carbonyl (C=O) groups excluding carboxylic acids is 1. The highest BCUT2D eigenvalue weighted by Crippen LogP contribution is 2.50. The van der Waals surface area contributed by atoms with Crippen molar-refractivity contribution < 1.29 is 24.9 Å². The minimum Gasteiger partial charge on any atom is -0.507 e. The second kappa shape index (κ2) is 8.89. The largest absolute Gasteiger partial charge is 0.507 e. The van der Waals surface area contributed by atoms with Gasteiger partial charge in [0.15, 0.2) is 5.75 Å². The summed E-state index contributed by atoms with van der Waals surface area (Å²) in [4.78, 5) is 33.3. The number of benzene rings is 2. The minimum absolute atomic E-state index is 0.0440. The summed E-state index contributed by atoms with van der Waals surface area (Å²) >= 11 is 6.71. The molecule has 11 heteroatoms. The number of ether oxygens (including phenoxy) is 1. The number of aromatic nitrogens is 2. The van der Waals surface area contributed by atoms with Gasteiger partial charge in [0.25, 0.3) is 0 Å². The lowest BCUT2D eigenvalue weighted by Crippen LogP contribution is -2.54. The van der Waals surface area contributed by atoms with Crippen LogP contribution in [0, 0.1) is 0 Å². The van der Waals surface area contributed by atoms with Crippen LogP contribution in [-0.4, -0.2) is 68.0 Å². The number of aliphatic hydroxyl groups excluding tert-OH is 1. The normalized spacial score (nSPS) is 17.1. The van der Waals surface area contributed by atoms with E-state index in [1.54, 1.807) is 11.0 Å². The summed E-state index contributed by atoms with van der Waals surface area (Å²) in [6.45, 7) is 6.19. The molecule has 2 aliphatic rings. The van der Waals surface area contributed by atoms with Crippen molar-refractivity contribution in [1.82, 2.24) is 14.5 Å². The maximum absolute atomic E-state index is 13.3. The number of phenolic OH excluding ortho intramolecular Hbond substituents is 2. The van der Waals surface area contributed by atoms with Gasteiger partial charge in [-0.3, -0.25) is 9.36 Å². The number of carbonyl (C=O) groups is 1. The molecule has 1 fully saturated rings. The quantitative estimate of drug-likeness (QED) is 0.457. The summed E-state index contributed by atoms with van der Waals surface area (Å²) in [5, 5.41) is 31.6. The van der Waals surface area contributed by atoms with E-state index in [0.717, 1.165) is 0 Å². The van der Waals surface area contributed by atoms with Gasteiger partial charge < -0.3 is 29.9 Å². The molecule has 0 radical (unpaired) electrons. The molecule has 3 aromatic rings. The molecule has 10 nitrogen and oxygen atoms in total. The van der Waals surface area contributed by atoms with Gasteiger partial charge in [0.05, 0.1) is 28.5 Å². The number of hydrogen-bond donors (Lipinski definition) is 3. The fraction of sp³-hybridized carbons (Fsp3) is 0.240. The summed E-state index contributed by atoms with van der Waals surface area (Å²) in [6, 6.07) is 5.69. The van der Waals surface area contributed by atoms with Gasteiger partial charge in [-0.25, -0.2) is 4.79 Å². The first-order valence-electron chi connectivity index (χ1n) is 11.2. The Kier molecular flexibility index (Phi) is 5.85. The molecule has 186 valence electrons. The molecule has 3 heterocycles. The first kappa shape index (κ1) is 23.7. The lowest BCUT2D eigenvalue weighted by molar-refractivity contribution is -0.126. The molecule has 1 atom stereocenters. The number of rotatable bonds is 4. The van der Waals surface area contributed by atoms with Crippen LogP contribution in [0.3, 0.4) is 0 Å². The molecule has 2 aliphatic heterocycles. The van der Waals surface area contributed by atoms with Gasteiger partial charge in [0.1, 0.15) is 29.1 Å². The van der Waals surface area contributed by atoms with Crippen LogP contribution >= 0.6 is 11.6 Å². The topological polar surface area (TPSA) is 128 Å². The standard InChI is InChI=1S/C25H23ClN4O6/c1-3-19(34)28-7-8-29(13(2)10-28)24-15-9-16(26)20(21-17(32)5-4-6-18(21)33)23-22(15)30(25(35)27-24)14(11-31)12-36-23/h3-6,9,12-13,31-33H,1,7-8,10-11H2,2H3/t13-/m0/s1. The Morgan fingerprint density at radius 2 is 2.00 bits per heavy atom. The van der Waals surface area contributed by atoms with E-state index in [-0.39, 0.29) is 56.6 Å². The molecule has 1 saturated heterocycles. The predicted octanol–water partition coefficient (Wildman–Crippen LogP) is 2.53. The second-order valence-electron chi connectivity index (χ2n) is 8.60. The average molecular weight is 511 g/mol. The third-order valence-corrected chi connectivity index (χ3v) is 6.78. The highest BCUT2D eigenvalue weighted by molar-refractivity contribution is 6.35. The third kappa shape index (κ3) is 3.57. The van der Waals surface area contributed by atoms with Crippen LogP contribution in [0.4, 0.5) is 5.82 Å². The van der Waals surface area contributed by atoms with Crippen molar-refractivity contribution in [2.45, 2.75) is 13.0 Å². The van der Waals surface area contributed by atoms with Crippen molar-refractivity contribution in [3.05, 3.63) is 58.7 Å². The second-order valence-corrected chi connectivity index (χ2v) is 9.01. The fourth-order valence-corrected chi connectivity index (χ4v) is 5.10. The molecular formula is C25H23ClN4O6. The van der Waals surface area contributed by atoms with Gasteiger partial charge in [-0.05, 0) is 31.2 Å². The number of hydrogen-bond acceptors (Lipinski definition) is 8. The van der Waals surface area contributed by atoms with E-state index >= 15 is 0 Å². The molecule has 0 unspecified atom stereocenters. The Bertz CT molecular complexity index is 1490. The molecule has 36 heavy (non-hydrogen) atoms. The van der Waals surface area contributed by atoms with Crippen molar-refractivity contribution >= 4 is 39.9 Å². The third-order valence-electron chi connectivity index (χ3n) is 6.48. The Labute approximate surface area is 210 Å². The number of nitrogens with zero attached hydrogens (tertiary/aromatic N) is 4. The van der Waals surface area contributed by atoms with Gasteiger partial charge in [-0.2, -0.15) is 4.98 Å². The number of anilines is 1. The van der Waals surface area contributed by atoms with Gasteiger partial charge in [-0.1, -0.05) is 24.2 Å². The molecule has 0 bridgehead atoms. The molecule has 2 aromatic carbocycles. The maximum Gasteiger partial charge on any atom is 0.354 e. The van der Waals surface area contributed by atoms with Crippen LogP contribution in [0.15, 0.2) is 48.0 Å². The van der Waals surface area contributed by atoms with Crippen molar-refractivity contribution in [3.63, 3.8) is 0 Å². The number of aromatic hydroxyl groups is 2. The Balaban J connectivity index is 1.78. The highest BCUT2D eigenvalue weighted by Gasteiger charge is 2.33. The SMILES string of the molecule is C=CC(=O)N1CCN(c2nc(=O)n3c4c(c(-c5c(O)cccc5O)c(Cl)cc24)OC=C3CO)[C@@H](C)C1. The fourth-order valence-electron chi connectivity index (χ4n) is 4.81. The molecule has 0 aliphatic carbocycles. The van der Waals surface area contributed by atoms with Crippen molar-refractivity contribution in [1.29, 1.82) is 0 Å². The Morgan fingerprint density at radius 3 is 2.64 bits per heavy atom. The lowest BCUT2D eigenvalue weighted by atomic mass is 9.99. The summed E-state index contributed by atoms with van der Waals surface area (Å²) < 4.78 is 7.10. The molecule has 1 aromatic heterocycles. The summed E-state index contributed by atoms with van der Waals surface area (Å²) in [5.74, 6) is -0.155.